The summed E-state index contributed by atoms with van der Waals surface area (Å²) in [6, 6.07) is 0. The van der Waals surface area contributed by atoms with Gasteiger partial charge >= 0.3 is 0 Å². The Morgan fingerprint density at radius 2 is 1.88 bits per heavy atom. The van der Waals surface area contributed by atoms with Crippen LogP contribution in [-0.4, -0.2) is 24.5 Å². The van der Waals surface area contributed by atoms with Crippen molar-refractivity contribution >= 4 is 5.96 Å². The highest BCUT2D eigenvalue weighted by Crippen LogP contribution is 2.31. The molecule has 0 aromatic carbocycles. The second kappa shape index (κ2) is 9.70. The van der Waals surface area contributed by atoms with Crippen LogP contribution >= 0.6 is 0 Å². The summed E-state index contributed by atoms with van der Waals surface area (Å²) in [4.78, 5) is 8.68. The number of unbranched alkanes of at least 4 members (excludes halogenated alkanes) is 1. The van der Waals surface area contributed by atoms with Crippen molar-refractivity contribution in [2.24, 2.45) is 16.8 Å². The molecule has 1 heterocycles. The van der Waals surface area contributed by atoms with Crippen molar-refractivity contribution in [3.05, 3.63) is 17.3 Å². The summed E-state index contributed by atoms with van der Waals surface area (Å²) in [5.74, 6) is 4.17. The van der Waals surface area contributed by atoms with Crippen LogP contribution in [0.5, 0.6) is 0 Å². The summed E-state index contributed by atoms with van der Waals surface area (Å²) in [5.41, 5.74) is 0.953. The third-order valence-electron chi connectivity index (χ3n) is 5.19. The number of aliphatic imine (C=N–C) groups is 1. The average Bonchev–Trinajstić information content (AvgIpc) is 2.92. The zero-order chi connectivity index (χ0) is 17.4. The molecule has 2 N–H and O–H groups in total. The van der Waals surface area contributed by atoms with Crippen molar-refractivity contribution in [1.29, 1.82) is 0 Å². The molecule has 1 aromatic rings. The molecule has 0 radical (unpaired) electrons. The van der Waals surface area contributed by atoms with E-state index in [-0.39, 0.29) is 0 Å². The molecule has 1 aliphatic rings. The number of rotatable bonds is 7. The minimum Gasteiger partial charge on any atom is -0.444 e. The fraction of sp³-hybridized carbons (Fsp3) is 0.789. The van der Waals surface area contributed by atoms with Gasteiger partial charge in [0.25, 0.3) is 0 Å². The third kappa shape index (κ3) is 5.84. The largest absolute Gasteiger partial charge is 0.444 e. The van der Waals surface area contributed by atoms with Gasteiger partial charge in [0.1, 0.15) is 5.76 Å². The van der Waals surface area contributed by atoms with Crippen LogP contribution in [0.2, 0.25) is 0 Å². The maximum atomic E-state index is 5.59. The lowest BCUT2D eigenvalue weighted by Gasteiger charge is -2.29. The second-order valence-corrected chi connectivity index (χ2v) is 7.08. The summed E-state index contributed by atoms with van der Waals surface area (Å²) in [6.45, 7) is 7.76. The van der Waals surface area contributed by atoms with Gasteiger partial charge in [-0.05, 0) is 38.5 Å². The molecule has 0 amide bonds. The molecule has 2 rings (SSSR count). The van der Waals surface area contributed by atoms with Crippen molar-refractivity contribution in [3.63, 3.8) is 0 Å². The fourth-order valence-corrected chi connectivity index (χ4v) is 3.45. The van der Waals surface area contributed by atoms with Crippen LogP contribution in [0.4, 0.5) is 0 Å². The minimum absolute atomic E-state index is 0.568. The molecule has 0 unspecified atom stereocenters. The van der Waals surface area contributed by atoms with E-state index in [9.17, 15) is 0 Å². The smallest absolute Gasteiger partial charge is 0.214 e. The van der Waals surface area contributed by atoms with Crippen molar-refractivity contribution in [1.82, 2.24) is 15.6 Å². The van der Waals surface area contributed by atoms with Crippen LogP contribution in [0.1, 0.15) is 69.2 Å². The number of nitrogens with one attached hydrogen (secondary N) is 2. The maximum Gasteiger partial charge on any atom is 0.214 e. The molecular formula is C19H34N4O. The molecule has 0 saturated heterocycles. The standard InChI is InChI=1S/C19H34N4O/c1-5-6-7-16-8-10-17(11-9-16)12-21-19(20-4)22-13-18-23-14(2)15(3)24-18/h16-17H,5-13H2,1-4H3,(H2,20,21,22). The molecule has 0 bridgehead atoms. The summed E-state index contributed by atoms with van der Waals surface area (Å²) in [5, 5.41) is 6.74. The van der Waals surface area contributed by atoms with Gasteiger partial charge in [-0.1, -0.05) is 39.0 Å². The van der Waals surface area contributed by atoms with Gasteiger partial charge < -0.3 is 15.1 Å². The van der Waals surface area contributed by atoms with Crippen molar-refractivity contribution in [3.8, 4) is 0 Å². The first-order valence-electron chi connectivity index (χ1n) is 9.49. The van der Waals surface area contributed by atoms with E-state index >= 15 is 0 Å². The van der Waals surface area contributed by atoms with Crippen LogP contribution in [0.25, 0.3) is 0 Å². The Hall–Kier alpha value is -1.52. The first-order valence-corrected chi connectivity index (χ1v) is 9.49. The van der Waals surface area contributed by atoms with Crippen LogP contribution in [-0.2, 0) is 6.54 Å². The lowest BCUT2D eigenvalue weighted by atomic mass is 9.80. The van der Waals surface area contributed by atoms with Gasteiger partial charge in [-0.2, -0.15) is 0 Å². The zero-order valence-electron chi connectivity index (χ0n) is 15.8. The number of guanidine groups is 1. The lowest BCUT2D eigenvalue weighted by molar-refractivity contribution is 0.259. The number of hydrogen-bond acceptors (Lipinski definition) is 3. The molecule has 0 spiro atoms. The first-order chi connectivity index (χ1) is 11.6. The number of aromatic nitrogens is 1. The molecule has 5 nitrogen and oxygen atoms in total. The lowest BCUT2D eigenvalue weighted by Crippen LogP contribution is -2.40. The number of nitrogens with zero attached hydrogens (tertiary/aromatic N) is 2. The summed E-state index contributed by atoms with van der Waals surface area (Å²) < 4.78 is 5.59. The number of aryl methyl sites for hydroxylation is 2. The Morgan fingerprint density at radius 3 is 2.46 bits per heavy atom. The second-order valence-electron chi connectivity index (χ2n) is 7.08. The van der Waals surface area contributed by atoms with E-state index in [1.54, 1.807) is 0 Å². The van der Waals surface area contributed by atoms with Crippen molar-refractivity contribution in [2.45, 2.75) is 72.3 Å². The average molecular weight is 335 g/mol. The van der Waals surface area contributed by atoms with E-state index in [2.05, 4.69) is 27.5 Å². The van der Waals surface area contributed by atoms with Gasteiger partial charge in [-0.15, -0.1) is 0 Å². The molecule has 1 saturated carbocycles. The third-order valence-corrected chi connectivity index (χ3v) is 5.19. The molecule has 5 heteroatoms. The minimum atomic E-state index is 0.568. The van der Waals surface area contributed by atoms with Gasteiger partial charge in [-0.3, -0.25) is 4.99 Å². The van der Waals surface area contributed by atoms with Crippen LogP contribution in [0, 0.1) is 25.7 Å². The Bertz CT molecular complexity index is 496. The highest BCUT2D eigenvalue weighted by Gasteiger charge is 2.20. The van der Waals surface area contributed by atoms with E-state index in [0.29, 0.717) is 12.4 Å². The van der Waals surface area contributed by atoms with Gasteiger partial charge in [0.2, 0.25) is 5.89 Å². The van der Waals surface area contributed by atoms with E-state index < -0.39 is 0 Å². The highest BCUT2D eigenvalue weighted by atomic mass is 16.4. The normalized spacial score (nSPS) is 21.8. The van der Waals surface area contributed by atoms with Gasteiger partial charge in [0.15, 0.2) is 5.96 Å². The number of oxazole rings is 1. The van der Waals surface area contributed by atoms with Gasteiger partial charge in [0.05, 0.1) is 12.2 Å². The van der Waals surface area contributed by atoms with Gasteiger partial charge in [0, 0.05) is 13.6 Å². The molecule has 0 atom stereocenters. The molecule has 0 aliphatic heterocycles. The molecular weight excluding hydrogens is 300 g/mol. The Balaban J connectivity index is 1.67. The monoisotopic (exact) mass is 334 g/mol. The highest BCUT2D eigenvalue weighted by molar-refractivity contribution is 5.79. The van der Waals surface area contributed by atoms with E-state index in [1.807, 2.05) is 20.9 Å². The van der Waals surface area contributed by atoms with E-state index in [4.69, 9.17) is 4.42 Å². The van der Waals surface area contributed by atoms with E-state index in [0.717, 1.165) is 35.8 Å². The molecule has 136 valence electrons. The summed E-state index contributed by atoms with van der Waals surface area (Å²) >= 11 is 0. The Kier molecular flexibility index (Phi) is 7.60. The summed E-state index contributed by atoms with van der Waals surface area (Å²) in [6.07, 6.45) is 9.62. The fourth-order valence-electron chi connectivity index (χ4n) is 3.45. The molecule has 1 fully saturated rings. The zero-order valence-corrected chi connectivity index (χ0v) is 15.8. The SMILES string of the molecule is CCCCC1CCC(CNC(=NC)NCc2nc(C)c(C)o2)CC1. The van der Waals surface area contributed by atoms with Crippen LogP contribution in [0.15, 0.2) is 9.41 Å². The first kappa shape index (κ1) is 18.8. The molecule has 1 aromatic heterocycles. The Labute approximate surface area is 146 Å². The predicted molar refractivity (Wildman–Crippen MR) is 99.2 cm³/mol. The van der Waals surface area contributed by atoms with Crippen molar-refractivity contribution in [2.75, 3.05) is 13.6 Å². The van der Waals surface area contributed by atoms with Crippen LogP contribution < -0.4 is 10.6 Å². The topological polar surface area (TPSA) is 62.5 Å². The molecule has 24 heavy (non-hydrogen) atoms. The van der Waals surface area contributed by atoms with Crippen LogP contribution in [0.3, 0.4) is 0 Å². The number of hydrogen-bond donors (Lipinski definition) is 2. The predicted octanol–water partition coefficient (Wildman–Crippen LogP) is 3.95. The quantitative estimate of drug-likeness (QED) is 0.585. The maximum absolute atomic E-state index is 5.59. The molecule has 1 aliphatic carbocycles. The van der Waals surface area contributed by atoms with Crippen molar-refractivity contribution < 1.29 is 4.42 Å². The summed E-state index contributed by atoms with van der Waals surface area (Å²) in [7, 11) is 1.81. The van der Waals surface area contributed by atoms with E-state index in [1.165, 1.54) is 44.9 Å². The van der Waals surface area contributed by atoms with Gasteiger partial charge in [-0.25, -0.2) is 4.98 Å². The Morgan fingerprint density at radius 1 is 1.17 bits per heavy atom.